The van der Waals surface area contributed by atoms with E-state index >= 15 is 0 Å². The number of carbonyl (C=O) groups is 1. The lowest BCUT2D eigenvalue weighted by Gasteiger charge is -2.11. The summed E-state index contributed by atoms with van der Waals surface area (Å²) in [6, 6.07) is 8.65. The molecule has 0 aliphatic rings. The standard InChI is InChI=1S/C15H14F2N2O/c1-9-6-7-13(18-2)10(8-9)15(20)19-14-11(16)4-3-5-12(14)17/h3-8,18H,1-2H3,(H,19,20). The van der Waals surface area contributed by atoms with E-state index in [0.717, 1.165) is 17.7 Å². The van der Waals surface area contributed by atoms with Crippen molar-refractivity contribution in [2.45, 2.75) is 6.92 Å². The van der Waals surface area contributed by atoms with Gasteiger partial charge in [0.15, 0.2) is 0 Å². The number of hydrogen-bond acceptors (Lipinski definition) is 2. The summed E-state index contributed by atoms with van der Waals surface area (Å²) >= 11 is 0. The average Bonchev–Trinajstić information content (AvgIpc) is 2.43. The summed E-state index contributed by atoms with van der Waals surface area (Å²) in [5.41, 5.74) is 1.35. The molecule has 0 aliphatic heterocycles. The molecule has 5 heteroatoms. The van der Waals surface area contributed by atoms with Crippen molar-refractivity contribution in [3.63, 3.8) is 0 Å². The second kappa shape index (κ2) is 5.69. The quantitative estimate of drug-likeness (QED) is 0.899. The molecule has 0 spiro atoms. The summed E-state index contributed by atoms with van der Waals surface area (Å²) in [4.78, 5) is 12.2. The summed E-state index contributed by atoms with van der Waals surface area (Å²) < 4.78 is 27.0. The topological polar surface area (TPSA) is 41.1 Å². The summed E-state index contributed by atoms with van der Waals surface area (Å²) in [6.45, 7) is 1.83. The van der Waals surface area contributed by atoms with E-state index in [1.54, 1.807) is 19.2 Å². The predicted molar refractivity (Wildman–Crippen MR) is 75.0 cm³/mol. The van der Waals surface area contributed by atoms with Crippen LogP contribution in [0.4, 0.5) is 20.2 Å². The van der Waals surface area contributed by atoms with E-state index in [-0.39, 0.29) is 0 Å². The fourth-order valence-corrected chi connectivity index (χ4v) is 1.86. The zero-order chi connectivity index (χ0) is 14.7. The monoisotopic (exact) mass is 276 g/mol. The van der Waals surface area contributed by atoms with Gasteiger partial charge in [0, 0.05) is 12.7 Å². The summed E-state index contributed by atoms with van der Waals surface area (Å²) in [5, 5.41) is 5.14. The number of amides is 1. The van der Waals surface area contributed by atoms with Crippen LogP contribution in [0.1, 0.15) is 15.9 Å². The molecular weight excluding hydrogens is 262 g/mol. The molecule has 0 heterocycles. The number of hydrogen-bond donors (Lipinski definition) is 2. The van der Waals surface area contributed by atoms with Crippen LogP contribution >= 0.6 is 0 Å². The number of carbonyl (C=O) groups excluding carboxylic acids is 1. The third kappa shape index (κ3) is 2.77. The van der Waals surface area contributed by atoms with Gasteiger partial charge in [0.2, 0.25) is 0 Å². The summed E-state index contributed by atoms with van der Waals surface area (Å²) in [7, 11) is 1.67. The molecule has 0 bridgehead atoms. The van der Waals surface area contributed by atoms with Crippen LogP contribution in [0.25, 0.3) is 0 Å². The minimum Gasteiger partial charge on any atom is -0.387 e. The van der Waals surface area contributed by atoms with E-state index in [1.807, 2.05) is 13.0 Å². The van der Waals surface area contributed by atoms with Crippen molar-refractivity contribution >= 4 is 17.3 Å². The van der Waals surface area contributed by atoms with E-state index in [2.05, 4.69) is 10.6 Å². The molecule has 2 N–H and O–H groups in total. The largest absolute Gasteiger partial charge is 0.387 e. The van der Waals surface area contributed by atoms with Gasteiger partial charge in [0.05, 0.1) is 5.56 Å². The Labute approximate surface area is 115 Å². The van der Waals surface area contributed by atoms with Gasteiger partial charge in [0.25, 0.3) is 5.91 Å². The molecule has 3 nitrogen and oxygen atoms in total. The lowest BCUT2D eigenvalue weighted by molar-refractivity contribution is 0.102. The van der Waals surface area contributed by atoms with Gasteiger partial charge in [-0.05, 0) is 31.2 Å². The third-order valence-corrected chi connectivity index (χ3v) is 2.89. The molecule has 0 aromatic heterocycles. The van der Waals surface area contributed by atoms with Crippen LogP contribution in [0.3, 0.4) is 0 Å². The second-order valence-corrected chi connectivity index (χ2v) is 4.35. The lowest BCUT2D eigenvalue weighted by atomic mass is 10.1. The van der Waals surface area contributed by atoms with Gasteiger partial charge in [-0.15, -0.1) is 0 Å². The summed E-state index contributed by atoms with van der Waals surface area (Å²) in [5.74, 6) is -2.18. The van der Waals surface area contributed by atoms with E-state index in [4.69, 9.17) is 0 Å². The number of rotatable bonds is 3. The molecule has 1 amide bonds. The maximum Gasteiger partial charge on any atom is 0.257 e. The van der Waals surface area contributed by atoms with Gasteiger partial charge in [-0.1, -0.05) is 17.7 Å². The van der Waals surface area contributed by atoms with Crippen LogP contribution < -0.4 is 10.6 Å². The molecule has 0 radical (unpaired) electrons. The molecular formula is C15H14F2N2O. The van der Waals surface area contributed by atoms with Gasteiger partial charge >= 0.3 is 0 Å². The van der Waals surface area contributed by atoms with Crippen molar-refractivity contribution in [2.24, 2.45) is 0 Å². The van der Waals surface area contributed by atoms with E-state index in [9.17, 15) is 13.6 Å². The van der Waals surface area contributed by atoms with Gasteiger partial charge in [0.1, 0.15) is 17.3 Å². The molecule has 0 fully saturated rings. The Kier molecular flexibility index (Phi) is 3.98. The van der Waals surface area contributed by atoms with Crippen LogP contribution in [0, 0.1) is 18.6 Å². The maximum atomic E-state index is 13.5. The highest BCUT2D eigenvalue weighted by Gasteiger charge is 2.15. The highest BCUT2D eigenvalue weighted by molar-refractivity contribution is 6.08. The zero-order valence-corrected chi connectivity index (χ0v) is 11.1. The van der Waals surface area contributed by atoms with Crippen molar-refractivity contribution in [3.8, 4) is 0 Å². The Morgan fingerprint density at radius 3 is 2.35 bits per heavy atom. The molecule has 2 aromatic carbocycles. The highest BCUT2D eigenvalue weighted by Crippen LogP contribution is 2.22. The van der Waals surface area contributed by atoms with Crippen LogP contribution in [0.15, 0.2) is 36.4 Å². The van der Waals surface area contributed by atoms with E-state index in [1.165, 1.54) is 6.07 Å². The molecule has 2 rings (SSSR count). The number of nitrogens with one attached hydrogen (secondary N) is 2. The first-order valence-electron chi connectivity index (χ1n) is 6.06. The van der Waals surface area contributed by atoms with Crippen LogP contribution in [-0.4, -0.2) is 13.0 Å². The number of halogens is 2. The summed E-state index contributed by atoms with van der Waals surface area (Å²) in [6.07, 6.45) is 0. The zero-order valence-electron chi connectivity index (χ0n) is 11.1. The Hall–Kier alpha value is -2.43. The minimum absolute atomic E-state index is 0.329. The van der Waals surface area contributed by atoms with Gasteiger partial charge < -0.3 is 10.6 Å². The average molecular weight is 276 g/mol. The van der Waals surface area contributed by atoms with Crippen molar-refractivity contribution in [1.82, 2.24) is 0 Å². The molecule has 0 saturated carbocycles. The number of para-hydroxylation sites is 1. The SMILES string of the molecule is CNc1ccc(C)cc1C(=O)Nc1c(F)cccc1F. The van der Waals surface area contributed by atoms with Gasteiger partial charge in [-0.2, -0.15) is 0 Å². The van der Waals surface area contributed by atoms with Crippen molar-refractivity contribution in [2.75, 3.05) is 17.7 Å². The van der Waals surface area contributed by atoms with Crippen molar-refractivity contribution < 1.29 is 13.6 Å². The first-order chi connectivity index (χ1) is 9.52. The minimum atomic E-state index is -0.808. The number of benzene rings is 2. The molecule has 0 aliphatic carbocycles. The fraction of sp³-hybridized carbons (Fsp3) is 0.133. The molecule has 104 valence electrons. The number of aryl methyl sites for hydroxylation is 1. The third-order valence-electron chi connectivity index (χ3n) is 2.89. The normalized spacial score (nSPS) is 10.2. The molecule has 2 aromatic rings. The van der Waals surface area contributed by atoms with E-state index < -0.39 is 23.2 Å². The molecule has 0 atom stereocenters. The van der Waals surface area contributed by atoms with Crippen LogP contribution in [0.5, 0.6) is 0 Å². The molecule has 0 saturated heterocycles. The van der Waals surface area contributed by atoms with Crippen LogP contribution in [0.2, 0.25) is 0 Å². The Bertz CT molecular complexity index is 636. The predicted octanol–water partition coefficient (Wildman–Crippen LogP) is 3.57. The first kappa shape index (κ1) is 14.0. The smallest absolute Gasteiger partial charge is 0.257 e. The fourth-order valence-electron chi connectivity index (χ4n) is 1.86. The highest BCUT2D eigenvalue weighted by atomic mass is 19.1. The first-order valence-corrected chi connectivity index (χ1v) is 6.06. The Morgan fingerprint density at radius 2 is 1.75 bits per heavy atom. The van der Waals surface area contributed by atoms with Crippen molar-refractivity contribution in [3.05, 3.63) is 59.2 Å². The van der Waals surface area contributed by atoms with E-state index in [0.29, 0.717) is 11.3 Å². The second-order valence-electron chi connectivity index (χ2n) is 4.35. The number of anilines is 2. The maximum absolute atomic E-state index is 13.5. The van der Waals surface area contributed by atoms with Gasteiger partial charge in [-0.25, -0.2) is 8.78 Å². The lowest BCUT2D eigenvalue weighted by Crippen LogP contribution is -2.16. The molecule has 20 heavy (non-hydrogen) atoms. The Morgan fingerprint density at radius 1 is 1.10 bits per heavy atom. The van der Waals surface area contributed by atoms with Crippen molar-refractivity contribution in [1.29, 1.82) is 0 Å². The van der Waals surface area contributed by atoms with Crippen LogP contribution in [-0.2, 0) is 0 Å². The molecule has 0 unspecified atom stereocenters. The Balaban J connectivity index is 2.35. The van der Waals surface area contributed by atoms with Gasteiger partial charge in [-0.3, -0.25) is 4.79 Å².